The van der Waals surface area contributed by atoms with Crippen LogP contribution >= 0.6 is 0 Å². The summed E-state index contributed by atoms with van der Waals surface area (Å²) in [5, 5.41) is 22.9. The first-order chi connectivity index (χ1) is 19.2. The van der Waals surface area contributed by atoms with E-state index in [0.717, 1.165) is 57.8 Å². The Morgan fingerprint density at radius 3 is 1.69 bits per heavy atom. The summed E-state index contributed by atoms with van der Waals surface area (Å²) in [6, 6.07) is -0.542. The van der Waals surface area contributed by atoms with Crippen molar-refractivity contribution >= 4 is 5.91 Å². The van der Waals surface area contributed by atoms with Gasteiger partial charge in [-0.3, -0.25) is 4.79 Å². The summed E-state index contributed by atoms with van der Waals surface area (Å²) in [5.74, 6) is -0.0519. The highest BCUT2D eigenvalue weighted by Crippen LogP contribution is 2.14. The maximum Gasteiger partial charge on any atom is 0.220 e. The maximum atomic E-state index is 12.3. The molecule has 0 spiro atoms. The molecule has 0 aliphatic rings. The summed E-state index contributed by atoms with van der Waals surface area (Å²) in [5.41, 5.74) is 0. The van der Waals surface area contributed by atoms with Crippen LogP contribution < -0.4 is 5.32 Å². The topological polar surface area (TPSA) is 69.6 Å². The summed E-state index contributed by atoms with van der Waals surface area (Å²) in [7, 11) is 0. The first kappa shape index (κ1) is 37.6. The Kier molecular flexibility index (Phi) is 30.0. The Morgan fingerprint density at radius 2 is 1.13 bits per heavy atom. The van der Waals surface area contributed by atoms with Crippen LogP contribution in [0.25, 0.3) is 0 Å². The number of unbranched alkanes of at least 4 members (excludes halogenated alkanes) is 16. The highest BCUT2D eigenvalue weighted by molar-refractivity contribution is 5.76. The van der Waals surface area contributed by atoms with Crippen LogP contribution in [0.15, 0.2) is 36.5 Å². The molecule has 0 heterocycles. The maximum absolute atomic E-state index is 12.3. The molecule has 0 aliphatic carbocycles. The quantitative estimate of drug-likeness (QED) is 0.0645. The van der Waals surface area contributed by atoms with Gasteiger partial charge < -0.3 is 15.5 Å². The van der Waals surface area contributed by atoms with E-state index in [1.165, 1.54) is 77.0 Å². The zero-order valence-electron chi connectivity index (χ0n) is 25.9. The van der Waals surface area contributed by atoms with Crippen LogP contribution in [-0.4, -0.2) is 34.9 Å². The van der Waals surface area contributed by atoms with Crippen molar-refractivity contribution in [2.24, 2.45) is 0 Å². The van der Waals surface area contributed by atoms with E-state index in [1.54, 1.807) is 0 Å². The van der Waals surface area contributed by atoms with E-state index in [1.807, 2.05) is 0 Å². The van der Waals surface area contributed by atoms with Crippen molar-refractivity contribution in [1.82, 2.24) is 5.32 Å². The number of nitrogens with one attached hydrogen (secondary N) is 1. The molecule has 39 heavy (non-hydrogen) atoms. The van der Waals surface area contributed by atoms with Gasteiger partial charge in [-0.15, -0.1) is 0 Å². The van der Waals surface area contributed by atoms with Crippen molar-refractivity contribution in [3.63, 3.8) is 0 Å². The van der Waals surface area contributed by atoms with Gasteiger partial charge in [0.25, 0.3) is 0 Å². The fraction of sp³-hybridized carbons (Fsp3) is 0.800. The van der Waals surface area contributed by atoms with E-state index in [9.17, 15) is 15.0 Å². The molecular weight excluding hydrogens is 482 g/mol. The van der Waals surface area contributed by atoms with Gasteiger partial charge in [-0.2, -0.15) is 0 Å². The molecule has 3 N–H and O–H groups in total. The van der Waals surface area contributed by atoms with Crippen molar-refractivity contribution in [3.05, 3.63) is 36.5 Å². The van der Waals surface area contributed by atoms with E-state index < -0.39 is 12.1 Å². The molecule has 0 saturated carbocycles. The van der Waals surface area contributed by atoms with Crippen LogP contribution in [0.1, 0.15) is 162 Å². The molecule has 0 aromatic heterocycles. The fourth-order valence-corrected chi connectivity index (χ4v) is 4.84. The number of hydrogen-bond acceptors (Lipinski definition) is 3. The van der Waals surface area contributed by atoms with Gasteiger partial charge in [0.2, 0.25) is 5.91 Å². The third kappa shape index (κ3) is 28.0. The third-order valence-electron chi connectivity index (χ3n) is 7.42. The average molecular weight is 548 g/mol. The summed E-state index contributed by atoms with van der Waals surface area (Å²) in [6.45, 7) is 4.21. The van der Waals surface area contributed by atoms with Crippen LogP contribution in [0.2, 0.25) is 0 Å². The van der Waals surface area contributed by atoms with Crippen LogP contribution in [0.4, 0.5) is 0 Å². The lowest BCUT2D eigenvalue weighted by Crippen LogP contribution is -2.45. The molecule has 2 unspecified atom stereocenters. The molecule has 0 fully saturated rings. The lowest BCUT2D eigenvalue weighted by atomic mass is 10.0. The first-order valence-electron chi connectivity index (χ1n) is 16.7. The third-order valence-corrected chi connectivity index (χ3v) is 7.42. The number of rotatable bonds is 29. The van der Waals surface area contributed by atoms with Gasteiger partial charge in [-0.05, 0) is 44.9 Å². The van der Waals surface area contributed by atoms with E-state index in [0.29, 0.717) is 12.8 Å². The second-order valence-corrected chi connectivity index (χ2v) is 11.2. The Morgan fingerprint density at radius 1 is 0.641 bits per heavy atom. The number of aliphatic hydroxyl groups excluding tert-OH is 2. The Balaban J connectivity index is 3.64. The molecule has 0 radical (unpaired) electrons. The zero-order chi connectivity index (χ0) is 28.7. The molecule has 2 atom stereocenters. The van der Waals surface area contributed by atoms with Crippen molar-refractivity contribution in [2.45, 2.75) is 174 Å². The smallest absolute Gasteiger partial charge is 0.220 e. The molecule has 0 saturated heterocycles. The highest BCUT2D eigenvalue weighted by Gasteiger charge is 2.19. The number of carbonyl (C=O) groups excluding carboxylic acids is 1. The Labute approximate surface area is 242 Å². The van der Waals surface area contributed by atoms with Gasteiger partial charge in [0, 0.05) is 6.42 Å². The summed E-state index contributed by atoms with van der Waals surface area (Å²) in [6.07, 6.45) is 39.0. The van der Waals surface area contributed by atoms with E-state index in [-0.39, 0.29) is 12.5 Å². The minimum absolute atomic E-state index is 0.0519. The van der Waals surface area contributed by atoms with Crippen LogP contribution in [0, 0.1) is 0 Å². The molecule has 4 heteroatoms. The molecule has 4 nitrogen and oxygen atoms in total. The summed E-state index contributed by atoms with van der Waals surface area (Å²) >= 11 is 0. The van der Waals surface area contributed by atoms with Crippen molar-refractivity contribution in [2.75, 3.05) is 6.61 Å². The van der Waals surface area contributed by atoms with Crippen molar-refractivity contribution in [1.29, 1.82) is 0 Å². The molecule has 0 aliphatic heterocycles. The lowest BCUT2D eigenvalue weighted by Gasteiger charge is -2.22. The number of aliphatic hydroxyl groups is 2. The van der Waals surface area contributed by atoms with Crippen molar-refractivity contribution < 1.29 is 15.0 Å². The van der Waals surface area contributed by atoms with Gasteiger partial charge in [-0.1, -0.05) is 147 Å². The zero-order valence-corrected chi connectivity index (χ0v) is 25.9. The fourth-order valence-electron chi connectivity index (χ4n) is 4.84. The van der Waals surface area contributed by atoms with E-state index in [4.69, 9.17) is 0 Å². The van der Waals surface area contributed by atoms with Gasteiger partial charge in [0.1, 0.15) is 0 Å². The largest absolute Gasteiger partial charge is 0.394 e. The van der Waals surface area contributed by atoms with Gasteiger partial charge in [0.05, 0.1) is 18.8 Å². The molecule has 0 rings (SSSR count). The van der Waals surface area contributed by atoms with Gasteiger partial charge >= 0.3 is 0 Å². The van der Waals surface area contributed by atoms with Gasteiger partial charge in [0.15, 0.2) is 0 Å². The molecular formula is C35H65NO3. The normalized spacial score (nSPS) is 13.6. The minimum atomic E-state index is -0.663. The first-order valence-corrected chi connectivity index (χ1v) is 16.7. The minimum Gasteiger partial charge on any atom is -0.394 e. The number of amides is 1. The number of hydrogen-bond donors (Lipinski definition) is 3. The average Bonchev–Trinajstić information content (AvgIpc) is 2.94. The highest BCUT2D eigenvalue weighted by atomic mass is 16.3. The lowest BCUT2D eigenvalue weighted by molar-refractivity contribution is -0.123. The van der Waals surface area contributed by atoms with Gasteiger partial charge in [-0.25, -0.2) is 0 Å². The van der Waals surface area contributed by atoms with Crippen LogP contribution in [0.5, 0.6) is 0 Å². The molecule has 0 aromatic carbocycles. The second kappa shape index (κ2) is 31.1. The molecule has 0 bridgehead atoms. The predicted molar refractivity (Wildman–Crippen MR) is 170 cm³/mol. The molecule has 228 valence electrons. The van der Waals surface area contributed by atoms with E-state index >= 15 is 0 Å². The summed E-state index contributed by atoms with van der Waals surface area (Å²) in [4.78, 5) is 12.3. The standard InChI is InChI=1S/C35H65NO3/c1-3-5-7-9-11-13-15-17-18-19-21-23-25-27-29-31-35(39)36-33(32-37)34(38)30-28-26-24-22-20-16-14-12-10-8-6-4-2/h5,7,11,13,17-18,33-34,37-38H,3-4,6,8-10,12,14-16,19-32H2,1-2H3,(H,36,39)/b7-5-,13-11-,18-17-. The Hall–Kier alpha value is -1.39. The molecule has 0 aromatic rings. The van der Waals surface area contributed by atoms with E-state index in [2.05, 4.69) is 55.6 Å². The van der Waals surface area contributed by atoms with Crippen LogP contribution in [0.3, 0.4) is 0 Å². The van der Waals surface area contributed by atoms with Crippen LogP contribution in [-0.2, 0) is 4.79 Å². The predicted octanol–water partition coefficient (Wildman–Crippen LogP) is 9.51. The number of allylic oxidation sites excluding steroid dienone is 6. The molecule has 1 amide bonds. The van der Waals surface area contributed by atoms with Crippen molar-refractivity contribution in [3.8, 4) is 0 Å². The SMILES string of the molecule is CC/C=C\C/C=C\C/C=C\CCCCCCCC(=O)NC(CO)C(O)CCCCCCCCCCCCCC. The summed E-state index contributed by atoms with van der Waals surface area (Å²) < 4.78 is 0. The monoisotopic (exact) mass is 547 g/mol. The number of carbonyl (C=O) groups is 1. The Bertz CT molecular complexity index is 599. The second-order valence-electron chi connectivity index (χ2n) is 11.2.